The zero-order valence-electron chi connectivity index (χ0n) is 15.5. The number of anilines is 1. The first-order chi connectivity index (χ1) is 14.5. The van der Waals surface area contributed by atoms with Crippen molar-refractivity contribution in [3.63, 3.8) is 0 Å². The number of para-hydroxylation sites is 1. The number of carbonyl (C=O) groups excluding carboxylic acids is 1. The standard InChI is InChI=1S/C23H15BrCl2N2O2/c24-18-10-8-15(9-11-18)14-30-21-7-2-1-4-16(21)12-17(13-27)23(29)28-20-6-3-5-19(25)22(20)26/h1-12H,14H2,(H,28,29)/b17-12-. The van der Waals surface area contributed by atoms with E-state index in [1.807, 2.05) is 36.4 Å². The van der Waals surface area contributed by atoms with Crippen molar-refractivity contribution >= 4 is 56.8 Å². The number of rotatable bonds is 6. The number of nitrogens with one attached hydrogen (secondary N) is 1. The van der Waals surface area contributed by atoms with Gasteiger partial charge >= 0.3 is 0 Å². The molecule has 1 N–H and O–H groups in total. The Hall–Kier alpha value is -2.78. The lowest BCUT2D eigenvalue weighted by molar-refractivity contribution is -0.112. The quantitative estimate of drug-likeness (QED) is 0.295. The minimum atomic E-state index is -0.593. The van der Waals surface area contributed by atoms with Crippen LogP contribution in [0, 0.1) is 11.3 Å². The number of hydrogen-bond acceptors (Lipinski definition) is 3. The normalized spacial score (nSPS) is 10.9. The molecule has 1 amide bonds. The van der Waals surface area contributed by atoms with E-state index in [2.05, 4.69) is 21.2 Å². The largest absolute Gasteiger partial charge is 0.488 e. The van der Waals surface area contributed by atoms with Gasteiger partial charge in [0.25, 0.3) is 5.91 Å². The molecule has 4 nitrogen and oxygen atoms in total. The van der Waals surface area contributed by atoms with E-state index in [9.17, 15) is 10.1 Å². The van der Waals surface area contributed by atoms with Gasteiger partial charge in [0.15, 0.2) is 0 Å². The highest BCUT2D eigenvalue weighted by Crippen LogP contribution is 2.30. The third kappa shape index (κ3) is 5.64. The molecule has 0 atom stereocenters. The van der Waals surface area contributed by atoms with Crippen molar-refractivity contribution in [2.24, 2.45) is 0 Å². The van der Waals surface area contributed by atoms with Gasteiger partial charge < -0.3 is 10.1 Å². The molecule has 0 saturated carbocycles. The summed E-state index contributed by atoms with van der Waals surface area (Å²) in [5.74, 6) is -0.0360. The van der Waals surface area contributed by atoms with E-state index < -0.39 is 5.91 Å². The molecule has 30 heavy (non-hydrogen) atoms. The lowest BCUT2D eigenvalue weighted by Gasteiger charge is -2.10. The molecule has 0 heterocycles. The molecule has 7 heteroatoms. The molecular formula is C23H15BrCl2N2O2. The Morgan fingerprint density at radius 3 is 2.53 bits per heavy atom. The Morgan fingerprint density at radius 1 is 1.07 bits per heavy atom. The highest BCUT2D eigenvalue weighted by Gasteiger charge is 2.14. The molecule has 0 unspecified atom stereocenters. The van der Waals surface area contributed by atoms with Gasteiger partial charge in [-0.15, -0.1) is 0 Å². The van der Waals surface area contributed by atoms with Crippen LogP contribution in [0.3, 0.4) is 0 Å². The van der Waals surface area contributed by atoms with Crippen LogP contribution in [-0.4, -0.2) is 5.91 Å². The summed E-state index contributed by atoms with van der Waals surface area (Å²) in [6, 6.07) is 21.8. The van der Waals surface area contributed by atoms with E-state index in [1.165, 1.54) is 6.08 Å². The predicted molar refractivity (Wildman–Crippen MR) is 124 cm³/mol. The molecule has 0 aromatic heterocycles. The number of nitriles is 1. The Balaban J connectivity index is 1.80. The van der Waals surface area contributed by atoms with Gasteiger partial charge in [-0.2, -0.15) is 5.26 Å². The van der Waals surface area contributed by atoms with Gasteiger partial charge in [0.1, 0.15) is 24.0 Å². The number of ether oxygens (including phenoxy) is 1. The smallest absolute Gasteiger partial charge is 0.266 e. The summed E-state index contributed by atoms with van der Waals surface area (Å²) in [6.45, 7) is 0.352. The molecule has 0 aliphatic carbocycles. The summed E-state index contributed by atoms with van der Waals surface area (Å²) in [7, 11) is 0. The molecule has 0 spiro atoms. The van der Waals surface area contributed by atoms with Gasteiger partial charge in [0, 0.05) is 10.0 Å². The summed E-state index contributed by atoms with van der Waals surface area (Å²) < 4.78 is 6.89. The fourth-order valence-corrected chi connectivity index (χ4v) is 3.18. The molecule has 0 bridgehead atoms. The topological polar surface area (TPSA) is 62.1 Å². The average Bonchev–Trinajstić information content (AvgIpc) is 2.75. The number of hydrogen-bond donors (Lipinski definition) is 1. The second-order valence-electron chi connectivity index (χ2n) is 6.18. The van der Waals surface area contributed by atoms with E-state index >= 15 is 0 Å². The van der Waals surface area contributed by atoms with E-state index in [-0.39, 0.29) is 10.6 Å². The van der Waals surface area contributed by atoms with Crippen molar-refractivity contribution in [1.82, 2.24) is 0 Å². The van der Waals surface area contributed by atoms with Crippen LogP contribution < -0.4 is 10.1 Å². The second kappa shape index (κ2) is 10.3. The fraction of sp³-hybridized carbons (Fsp3) is 0.0435. The zero-order chi connectivity index (χ0) is 21.5. The minimum absolute atomic E-state index is 0.0919. The summed E-state index contributed by atoms with van der Waals surface area (Å²) in [5.41, 5.74) is 1.84. The molecule has 0 aliphatic heterocycles. The number of halogens is 3. The van der Waals surface area contributed by atoms with Crippen LogP contribution in [0.4, 0.5) is 5.69 Å². The summed E-state index contributed by atoms with van der Waals surface area (Å²) in [4.78, 5) is 12.6. The predicted octanol–water partition coefficient (Wildman–Crippen LogP) is 6.88. The maximum absolute atomic E-state index is 12.6. The lowest BCUT2D eigenvalue weighted by atomic mass is 10.1. The Kier molecular flexibility index (Phi) is 7.53. The van der Waals surface area contributed by atoms with Crippen LogP contribution in [0.5, 0.6) is 5.75 Å². The van der Waals surface area contributed by atoms with Gasteiger partial charge in [-0.25, -0.2) is 0 Å². The monoisotopic (exact) mass is 500 g/mol. The number of amides is 1. The molecule has 3 aromatic carbocycles. The van der Waals surface area contributed by atoms with Gasteiger partial charge in [-0.3, -0.25) is 4.79 Å². The Bertz CT molecular complexity index is 1140. The number of nitrogens with zero attached hydrogens (tertiary/aromatic N) is 1. The third-order valence-electron chi connectivity index (χ3n) is 4.09. The average molecular weight is 502 g/mol. The first-order valence-corrected chi connectivity index (χ1v) is 10.4. The van der Waals surface area contributed by atoms with E-state index in [4.69, 9.17) is 27.9 Å². The first-order valence-electron chi connectivity index (χ1n) is 8.81. The molecule has 0 fully saturated rings. The Labute approximate surface area is 192 Å². The van der Waals surface area contributed by atoms with Crippen LogP contribution in [0.25, 0.3) is 6.08 Å². The second-order valence-corrected chi connectivity index (χ2v) is 7.88. The number of benzene rings is 3. The van der Waals surface area contributed by atoms with Crippen molar-refractivity contribution in [3.8, 4) is 11.8 Å². The first kappa shape index (κ1) is 21.9. The van der Waals surface area contributed by atoms with Gasteiger partial charge in [0.05, 0.1) is 15.7 Å². The summed E-state index contributed by atoms with van der Waals surface area (Å²) >= 11 is 15.5. The van der Waals surface area contributed by atoms with Crippen LogP contribution in [0.2, 0.25) is 10.0 Å². The van der Waals surface area contributed by atoms with Crippen LogP contribution >= 0.6 is 39.1 Å². The van der Waals surface area contributed by atoms with Gasteiger partial charge in [-0.05, 0) is 42.0 Å². The van der Waals surface area contributed by atoms with Crippen molar-refractivity contribution in [2.45, 2.75) is 6.61 Å². The van der Waals surface area contributed by atoms with Crippen LogP contribution in [-0.2, 0) is 11.4 Å². The SMILES string of the molecule is N#C/C(=C/c1ccccc1OCc1ccc(Br)cc1)C(=O)Nc1cccc(Cl)c1Cl. The molecule has 0 radical (unpaired) electrons. The van der Waals surface area contributed by atoms with Crippen molar-refractivity contribution in [1.29, 1.82) is 5.26 Å². The summed E-state index contributed by atoms with van der Waals surface area (Å²) in [6.07, 6.45) is 1.48. The van der Waals surface area contributed by atoms with Gasteiger partial charge in [0.2, 0.25) is 0 Å². The Morgan fingerprint density at radius 2 is 1.80 bits per heavy atom. The lowest BCUT2D eigenvalue weighted by Crippen LogP contribution is -2.13. The van der Waals surface area contributed by atoms with E-state index in [0.29, 0.717) is 28.6 Å². The molecule has 0 aliphatic rings. The molecule has 150 valence electrons. The molecular weight excluding hydrogens is 487 g/mol. The van der Waals surface area contributed by atoms with Crippen LogP contribution in [0.15, 0.2) is 76.8 Å². The number of carbonyl (C=O) groups is 1. The van der Waals surface area contributed by atoms with E-state index in [0.717, 1.165) is 10.0 Å². The van der Waals surface area contributed by atoms with Crippen LogP contribution in [0.1, 0.15) is 11.1 Å². The summed E-state index contributed by atoms with van der Waals surface area (Å²) in [5, 5.41) is 12.6. The molecule has 3 rings (SSSR count). The van der Waals surface area contributed by atoms with Crippen molar-refractivity contribution < 1.29 is 9.53 Å². The van der Waals surface area contributed by atoms with E-state index in [1.54, 1.807) is 36.4 Å². The van der Waals surface area contributed by atoms with Crippen molar-refractivity contribution in [3.05, 3.63) is 97.9 Å². The maximum atomic E-state index is 12.6. The zero-order valence-corrected chi connectivity index (χ0v) is 18.6. The third-order valence-corrected chi connectivity index (χ3v) is 5.44. The highest BCUT2D eigenvalue weighted by molar-refractivity contribution is 9.10. The minimum Gasteiger partial charge on any atom is -0.488 e. The highest BCUT2D eigenvalue weighted by atomic mass is 79.9. The molecule has 3 aromatic rings. The fourth-order valence-electron chi connectivity index (χ4n) is 2.57. The molecule has 0 saturated heterocycles. The maximum Gasteiger partial charge on any atom is 0.266 e. The van der Waals surface area contributed by atoms with Crippen molar-refractivity contribution in [2.75, 3.05) is 5.32 Å². The van der Waals surface area contributed by atoms with Gasteiger partial charge in [-0.1, -0.05) is 75.5 Å².